The molecule has 1 aliphatic rings. The van der Waals surface area contributed by atoms with Crippen molar-refractivity contribution in [1.82, 2.24) is 9.97 Å². The van der Waals surface area contributed by atoms with E-state index in [1.54, 1.807) is 7.11 Å². The fourth-order valence-electron chi connectivity index (χ4n) is 2.66. The van der Waals surface area contributed by atoms with Gasteiger partial charge in [-0.1, -0.05) is 6.92 Å². The van der Waals surface area contributed by atoms with Crippen LogP contribution in [-0.4, -0.2) is 35.8 Å². The molecule has 2 rings (SSSR count). The molecule has 0 radical (unpaired) electrons. The molecule has 0 aliphatic heterocycles. The van der Waals surface area contributed by atoms with Crippen LogP contribution in [0.2, 0.25) is 0 Å². The molecule has 1 aliphatic carbocycles. The van der Waals surface area contributed by atoms with E-state index in [1.807, 2.05) is 6.92 Å². The Balaban J connectivity index is 2.09. The Hall–Kier alpha value is -1.36. The first-order valence-electron chi connectivity index (χ1n) is 7.52. The fraction of sp³-hybridized carbons (Fsp3) is 0.733. The van der Waals surface area contributed by atoms with Crippen LogP contribution in [0.5, 0.6) is 0 Å². The second-order valence-corrected chi connectivity index (χ2v) is 5.53. The first kappa shape index (κ1) is 15.0. The molecule has 5 heteroatoms. The molecule has 2 N–H and O–H groups in total. The lowest BCUT2D eigenvalue weighted by Gasteiger charge is -2.18. The highest BCUT2D eigenvalue weighted by Crippen LogP contribution is 2.27. The lowest BCUT2D eigenvalue weighted by Crippen LogP contribution is -2.20. The van der Waals surface area contributed by atoms with E-state index < -0.39 is 0 Å². The Morgan fingerprint density at radius 3 is 2.60 bits per heavy atom. The third-order valence-electron chi connectivity index (χ3n) is 3.86. The summed E-state index contributed by atoms with van der Waals surface area (Å²) in [5.74, 6) is 2.71. The van der Waals surface area contributed by atoms with Crippen LogP contribution in [0.25, 0.3) is 0 Å². The largest absolute Gasteiger partial charge is 0.381 e. The van der Waals surface area contributed by atoms with Crippen molar-refractivity contribution in [2.24, 2.45) is 0 Å². The summed E-state index contributed by atoms with van der Waals surface area (Å²) in [6, 6.07) is 0.451. The first-order chi connectivity index (χ1) is 9.63. The van der Waals surface area contributed by atoms with E-state index in [-0.39, 0.29) is 0 Å². The molecule has 1 saturated carbocycles. The third kappa shape index (κ3) is 3.60. The number of anilines is 2. The molecule has 112 valence electrons. The highest BCUT2D eigenvalue weighted by Gasteiger charge is 2.25. The lowest BCUT2D eigenvalue weighted by atomic mass is 10.2. The standard InChI is InChI=1S/C15H26N4O/c1-5-8-16-14-10(2)15(18-11(3)17-14)19-12-6-7-13(9-12)20-4/h12-13H,5-9H2,1-4H3,(H2,16,17,18,19). The molecule has 1 heterocycles. The van der Waals surface area contributed by atoms with Crippen LogP contribution < -0.4 is 10.6 Å². The summed E-state index contributed by atoms with van der Waals surface area (Å²) in [6.45, 7) is 7.10. The van der Waals surface area contributed by atoms with Gasteiger partial charge in [0.25, 0.3) is 0 Å². The van der Waals surface area contributed by atoms with Crippen molar-refractivity contribution in [3.63, 3.8) is 0 Å². The average Bonchev–Trinajstić information content (AvgIpc) is 2.88. The molecule has 5 nitrogen and oxygen atoms in total. The quantitative estimate of drug-likeness (QED) is 0.838. The van der Waals surface area contributed by atoms with Gasteiger partial charge in [-0.3, -0.25) is 0 Å². The van der Waals surface area contributed by atoms with Gasteiger partial charge in [-0.05, 0) is 39.5 Å². The normalized spacial score (nSPS) is 22.0. The van der Waals surface area contributed by atoms with Crippen LogP contribution in [0.1, 0.15) is 44.0 Å². The van der Waals surface area contributed by atoms with E-state index in [0.29, 0.717) is 12.1 Å². The van der Waals surface area contributed by atoms with Gasteiger partial charge in [0.05, 0.1) is 6.10 Å². The molecule has 0 saturated heterocycles. The predicted octanol–water partition coefficient (Wildman–Crippen LogP) is 2.89. The number of hydrogen-bond acceptors (Lipinski definition) is 5. The van der Waals surface area contributed by atoms with E-state index in [4.69, 9.17) is 4.74 Å². The van der Waals surface area contributed by atoms with Gasteiger partial charge in [0.1, 0.15) is 17.5 Å². The molecule has 2 unspecified atom stereocenters. The van der Waals surface area contributed by atoms with Crippen LogP contribution >= 0.6 is 0 Å². The molecule has 2 atom stereocenters. The first-order valence-corrected chi connectivity index (χ1v) is 7.52. The third-order valence-corrected chi connectivity index (χ3v) is 3.86. The van der Waals surface area contributed by atoms with Crippen molar-refractivity contribution in [1.29, 1.82) is 0 Å². The number of aryl methyl sites for hydroxylation is 1. The van der Waals surface area contributed by atoms with Gasteiger partial charge >= 0.3 is 0 Å². The summed E-state index contributed by atoms with van der Waals surface area (Å²) in [7, 11) is 1.79. The number of nitrogens with one attached hydrogen (secondary N) is 2. The Labute approximate surface area is 121 Å². The summed E-state index contributed by atoms with van der Waals surface area (Å²) < 4.78 is 5.42. The summed E-state index contributed by atoms with van der Waals surface area (Å²) in [5.41, 5.74) is 1.10. The smallest absolute Gasteiger partial charge is 0.134 e. The number of ether oxygens (including phenoxy) is 1. The van der Waals surface area contributed by atoms with E-state index in [2.05, 4.69) is 34.4 Å². The summed E-state index contributed by atoms with van der Waals surface area (Å²) in [6.07, 6.45) is 4.78. The van der Waals surface area contributed by atoms with Gasteiger partial charge in [0, 0.05) is 25.3 Å². The highest BCUT2D eigenvalue weighted by molar-refractivity contribution is 5.57. The van der Waals surface area contributed by atoms with Crippen molar-refractivity contribution in [3.8, 4) is 0 Å². The molecule has 0 amide bonds. The Morgan fingerprint density at radius 2 is 1.95 bits per heavy atom. The number of nitrogens with zero attached hydrogens (tertiary/aromatic N) is 2. The van der Waals surface area contributed by atoms with Crippen LogP contribution in [0.15, 0.2) is 0 Å². The maximum atomic E-state index is 5.42. The second-order valence-electron chi connectivity index (χ2n) is 5.53. The van der Waals surface area contributed by atoms with Gasteiger partial charge in [-0.25, -0.2) is 9.97 Å². The number of hydrogen-bond donors (Lipinski definition) is 2. The maximum Gasteiger partial charge on any atom is 0.134 e. The SMILES string of the molecule is CCCNc1nc(C)nc(NC2CCC(OC)C2)c1C. The minimum atomic E-state index is 0.383. The van der Waals surface area contributed by atoms with Crippen LogP contribution in [-0.2, 0) is 4.74 Å². The molecular weight excluding hydrogens is 252 g/mol. The molecule has 0 spiro atoms. The van der Waals surface area contributed by atoms with E-state index in [0.717, 1.165) is 55.3 Å². The van der Waals surface area contributed by atoms with Crippen LogP contribution in [0, 0.1) is 13.8 Å². The lowest BCUT2D eigenvalue weighted by molar-refractivity contribution is 0.108. The molecule has 1 aromatic rings. The average molecular weight is 278 g/mol. The Morgan fingerprint density at radius 1 is 1.20 bits per heavy atom. The summed E-state index contributed by atoms with van der Waals surface area (Å²) in [5, 5.41) is 6.93. The predicted molar refractivity (Wildman–Crippen MR) is 82.3 cm³/mol. The van der Waals surface area contributed by atoms with Crippen LogP contribution in [0.3, 0.4) is 0 Å². The number of rotatable bonds is 6. The molecule has 1 aromatic heterocycles. The molecule has 20 heavy (non-hydrogen) atoms. The minimum absolute atomic E-state index is 0.383. The molecule has 0 aromatic carbocycles. The summed E-state index contributed by atoms with van der Waals surface area (Å²) in [4.78, 5) is 9.04. The molecular formula is C15H26N4O. The van der Waals surface area contributed by atoms with Crippen molar-refractivity contribution >= 4 is 11.6 Å². The Bertz CT molecular complexity index is 450. The van der Waals surface area contributed by atoms with Gasteiger partial charge in [0.2, 0.25) is 0 Å². The monoisotopic (exact) mass is 278 g/mol. The number of methoxy groups -OCH3 is 1. The van der Waals surface area contributed by atoms with Gasteiger partial charge in [-0.2, -0.15) is 0 Å². The van der Waals surface area contributed by atoms with Gasteiger partial charge < -0.3 is 15.4 Å². The highest BCUT2D eigenvalue weighted by atomic mass is 16.5. The Kier molecular flexibility index (Phi) is 5.17. The van der Waals surface area contributed by atoms with Gasteiger partial charge in [-0.15, -0.1) is 0 Å². The zero-order valence-corrected chi connectivity index (χ0v) is 13.0. The van der Waals surface area contributed by atoms with E-state index in [1.165, 1.54) is 0 Å². The van der Waals surface area contributed by atoms with Crippen molar-refractivity contribution in [2.45, 2.75) is 58.6 Å². The van der Waals surface area contributed by atoms with E-state index >= 15 is 0 Å². The fourth-order valence-corrected chi connectivity index (χ4v) is 2.66. The van der Waals surface area contributed by atoms with Crippen molar-refractivity contribution in [2.75, 3.05) is 24.3 Å². The van der Waals surface area contributed by atoms with Gasteiger partial charge in [0.15, 0.2) is 0 Å². The van der Waals surface area contributed by atoms with Crippen molar-refractivity contribution in [3.05, 3.63) is 11.4 Å². The van der Waals surface area contributed by atoms with Crippen molar-refractivity contribution < 1.29 is 4.74 Å². The summed E-state index contributed by atoms with van der Waals surface area (Å²) >= 11 is 0. The molecule has 1 fully saturated rings. The zero-order valence-electron chi connectivity index (χ0n) is 13.0. The minimum Gasteiger partial charge on any atom is -0.381 e. The zero-order chi connectivity index (χ0) is 14.5. The second kappa shape index (κ2) is 6.88. The van der Waals surface area contributed by atoms with E-state index in [9.17, 15) is 0 Å². The maximum absolute atomic E-state index is 5.42. The van der Waals surface area contributed by atoms with Crippen LogP contribution in [0.4, 0.5) is 11.6 Å². The molecule has 0 bridgehead atoms. The number of aromatic nitrogens is 2. The topological polar surface area (TPSA) is 59.1 Å².